The second-order valence-corrected chi connectivity index (χ2v) is 7.00. The van der Waals surface area contributed by atoms with Crippen molar-refractivity contribution in [1.82, 2.24) is 10.3 Å². The van der Waals surface area contributed by atoms with Gasteiger partial charge in [-0.1, -0.05) is 28.8 Å². The molecule has 0 aliphatic heterocycles. The predicted octanol–water partition coefficient (Wildman–Crippen LogP) is 3.23. The number of H-pyrrole nitrogens is 1. The molecule has 5 nitrogen and oxygen atoms in total. The molecule has 0 spiro atoms. The Labute approximate surface area is 142 Å². The number of hydrogen-bond donors (Lipinski definition) is 3. The highest BCUT2D eigenvalue weighted by Crippen LogP contribution is 2.26. The van der Waals surface area contributed by atoms with E-state index in [1.807, 2.05) is 24.4 Å². The number of benzene rings is 1. The zero-order valence-corrected chi connectivity index (χ0v) is 14.2. The summed E-state index contributed by atoms with van der Waals surface area (Å²) in [5, 5.41) is 13.1. The molecule has 1 aliphatic carbocycles. The number of hydrogen-bond acceptors (Lipinski definition) is 2. The van der Waals surface area contributed by atoms with Crippen LogP contribution in [0, 0.1) is 5.92 Å². The van der Waals surface area contributed by atoms with Crippen LogP contribution in [0.5, 0.6) is 0 Å². The fraction of sp³-hybridized carbons (Fsp3) is 0.412. The first kappa shape index (κ1) is 16.1. The third-order valence-electron chi connectivity index (χ3n) is 4.49. The van der Waals surface area contributed by atoms with Crippen LogP contribution >= 0.6 is 15.9 Å². The van der Waals surface area contributed by atoms with Gasteiger partial charge in [0.25, 0.3) is 0 Å². The van der Waals surface area contributed by atoms with Gasteiger partial charge >= 0.3 is 5.97 Å². The van der Waals surface area contributed by atoms with Gasteiger partial charge in [0.05, 0.1) is 0 Å². The fourth-order valence-electron chi connectivity index (χ4n) is 3.22. The van der Waals surface area contributed by atoms with Crippen molar-refractivity contribution in [1.29, 1.82) is 0 Å². The van der Waals surface area contributed by atoms with Crippen LogP contribution in [0.1, 0.15) is 31.2 Å². The van der Waals surface area contributed by atoms with Gasteiger partial charge in [0, 0.05) is 33.9 Å². The van der Waals surface area contributed by atoms with Crippen molar-refractivity contribution in [2.24, 2.45) is 5.92 Å². The second-order valence-electron chi connectivity index (χ2n) is 6.09. The fourth-order valence-corrected chi connectivity index (χ4v) is 3.58. The molecule has 0 saturated heterocycles. The van der Waals surface area contributed by atoms with Gasteiger partial charge in [-0.15, -0.1) is 0 Å². The Balaban J connectivity index is 1.77. The monoisotopic (exact) mass is 378 g/mol. The van der Waals surface area contributed by atoms with Crippen molar-refractivity contribution in [2.75, 3.05) is 0 Å². The largest absolute Gasteiger partial charge is 0.480 e. The number of rotatable bonds is 5. The summed E-state index contributed by atoms with van der Waals surface area (Å²) in [7, 11) is 0. The van der Waals surface area contributed by atoms with E-state index in [1.54, 1.807) is 0 Å². The molecular formula is C17H19BrN2O3. The molecule has 1 aliphatic rings. The standard InChI is InChI=1S/C17H19BrN2O3/c18-12-5-6-14-13(8-12)11(9-19-14)7-15(17(22)23)20-16(21)10-3-1-2-4-10/h5-6,8-10,15,19H,1-4,7H2,(H,20,21)(H,22,23). The Bertz CT molecular complexity index is 735. The van der Waals surface area contributed by atoms with Crippen molar-refractivity contribution in [3.63, 3.8) is 0 Å². The van der Waals surface area contributed by atoms with Gasteiger partial charge in [-0.05, 0) is 36.6 Å². The quantitative estimate of drug-likeness (QED) is 0.746. The molecule has 1 saturated carbocycles. The molecule has 3 N–H and O–H groups in total. The number of aromatic amines is 1. The summed E-state index contributed by atoms with van der Waals surface area (Å²) in [4.78, 5) is 26.9. The summed E-state index contributed by atoms with van der Waals surface area (Å²) in [6.07, 6.45) is 5.90. The zero-order valence-electron chi connectivity index (χ0n) is 12.6. The first-order valence-corrected chi connectivity index (χ1v) is 8.62. The molecule has 0 radical (unpaired) electrons. The van der Waals surface area contributed by atoms with Crippen LogP contribution in [-0.2, 0) is 16.0 Å². The Morgan fingerprint density at radius 1 is 1.35 bits per heavy atom. The summed E-state index contributed by atoms with van der Waals surface area (Å²) >= 11 is 3.43. The van der Waals surface area contributed by atoms with Crippen LogP contribution in [0.15, 0.2) is 28.9 Å². The summed E-state index contributed by atoms with van der Waals surface area (Å²) in [6.45, 7) is 0. The summed E-state index contributed by atoms with van der Waals surface area (Å²) in [5.41, 5.74) is 1.84. The van der Waals surface area contributed by atoms with Crippen LogP contribution < -0.4 is 5.32 Å². The van der Waals surface area contributed by atoms with Crippen molar-refractivity contribution < 1.29 is 14.7 Å². The first-order valence-electron chi connectivity index (χ1n) is 7.83. The number of aliphatic carboxylic acids is 1. The lowest BCUT2D eigenvalue weighted by Gasteiger charge is -2.17. The molecule has 1 aromatic carbocycles. The highest BCUT2D eigenvalue weighted by molar-refractivity contribution is 9.10. The van der Waals surface area contributed by atoms with E-state index in [2.05, 4.69) is 26.2 Å². The van der Waals surface area contributed by atoms with Crippen LogP contribution in [-0.4, -0.2) is 28.0 Å². The van der Waals surface area contributed by atoms with Gasteiger partial charge in [-0.25, -0.2) is 4.79 Å². The number of fused-ring (bicyclic) bond motifs is 1. The number of amides is 1. The van der Waals surface area contributed by atoms with Crippen LogP contribution in [0.2, 0.25) is 0 Å². The highest BCUT2D eigenvalue weighted by atomic mass is 79.9. The first-order chi connectivity index (χ1) is 11.0. The van der Waals surface area contributed by atoms with Crippen LogP contribution in [0.25, 0.3) is 10.9 Å². The van der Waals surface area contributed by atoms with Gasteiger partial charge in [0.2, 0.25) is 5.91 Å². The molecule has 23 heavy (non-hydrogen) atoms. The number of carbonyl (C=O) groups excluding carboxylic acids is 1. The van der Waals surface area contributed by atoms with E-state index in [4.69, 9.17) is 0 Å². The summed E-state index contributed by atoms with van der Waals surface area (Å²) in [6, 6.07) is 4.93. The van der Waals surface area contributed by atoms with Gasteiger partial charge in [-0.2, -0.15) is 0 Å². The highest BCUT2D eigenvalue weighted by Gasteiger charge is 2.28. The van der Waals surface area contributed by atoms with E-state index in [1.165, 1.54) is 0 Å². The minimum Gasteiger partial charge on any atom is -0.480 e. The molecule has 3 rings (SSSR count). The molecule has 1 aromatic heterocycles. The van der Waals surface area contributed by atoms with E-state index in [-0.39, 0.29) is 18.2 Å². The van der Waals surface area contributed by atoms with Crippen molar-refractivity contribution in [3.05, 3.63) is 34.4 Å². The Hall–Kier alpha value is -1.82. The molecule has 1 amide bonds. The number of aromatic nitrogens is 1. The summed E-state index contributed by atoms with van der Waals surface area (Å²) < 4.78 is 0.938. The number of nitrogens with one attached hydrogen (secondary N) is 2. The number of carboxylic acids is 1. The molecule has 1 heterocycles. The molecule has 122 valence electrons. The van der Waals surface area contributed by atoms with Crippen molar-refractivity contribution in [2.45, 2.75) is 38.1 Å². The Morgan fingerprint density at radius 3 is 2.78 bits per heavy atom. The van der Waals surface area contributed by atoms with E-state index >= 15 is 0 Å². The minimum absolute atomic E-state index is 0.0334. The average Bonchev–Trinajstić information content (AvgIpc) is 3.16. The Morgan fingerprint density at radius 2 is 2.09 bits per heavy atom. The SMILES string of the molecule is O=C(NC(Cc1c[nH]c2ccc(Br)cc12)C(=O)O)C1CCCC1. The van der Waals surface area contributed by atoms with Crippen LogP contribution in [0.4, 0.5) is 0 Å². The molecular weight excluding hydrogens is 360 g/mol. The Kier molecular flexibility index (Phi) is 4.71. The van der Waals surface area contributed by atoms with E-state index < -0.39 is 12.0 Å². The normalized spacial score (nSPS) is 16.6. The zero-order chi connectivity index (χ0) is 16.4. The number of carbonyl (C=O) groups is 2. The molecule has 0 bridgehead atoms. The maximum absolute atomic E-state index is 12.2. The number of halogens is 1. The van der Waals surface area contributed by atoms with Gasteiger partial charge in [0.15, 0.2) is 0 Å². The predicted molar refractivity (Wildman–Crippen MR) is 91.2 cm³/mol. The van der Waals surface area contributed by atoms with Crippen molar-refractivity contribution >= 4 is 38.7 Å². The summed E-state index contributed by atoms with van der Waals surface area (Å²) in [5.74, 6) is -1.16. The van der Waals surface area contributed by atoms with Gasteiger partial charge < -0.3 is 15.4 Å². The lowest BCUT2D eigenvalue weighted by Crippen LogP contribution is -2.44. The van der Waals surface area contributed by atoms with E-state index in [0.717, 1.165) is 46.6 Å². The second kappa shape index (κ2) is 6.74. The minimum atomic E-state index is -0.999. The lowest BCUT2D eigenvalue weighted by atomic mass is 10.0. The van der Waals surface area contributed by atoms with Crippen molar-refractivity contribution in [3.8, 4) is 0 Å². The van der Waals surface area contributed by atoms with Gasteiger partial charge in [-0.3, -0.25) is 4.79 Å². The smallest absolute Gasteiger partial charge is 0.326 e. The molecule has 1 atom stereocenters. The topological polar surface area (TPSA) is 82.2 Å². The van der Waals surface area contributed by atoms with Crippen LogP contribution in [0.3, 0.4) is 0 Å². The van der Waals surface area contributed by atoms with Gasteiger partial charge in [0.1, 0.15) is 6.04 Å². The van der Waals surface area contributed by atoms with E-state index in [0.29, 0.717) is 0 Å². The molecule has 6 heteroatoms. The third kappa shape index (κ3) is 3.58. The molecule has 1 unspecified atom stereocenters. The van der Waals surface area contributed by atoms with E-state index in [9.17, 15) is 14.7 Å². The molecule has 1 fully saturated rings. The maximum Gasteiger partial charge on any atom is 0.326 e. The lowest BCUT2D eigenvalue weighted by molar-refractivity contribution is -0.142. The third-order valence-corrected chi connectivity index (χ3v) is 4.99. The molecule has 2 aromatic rings. The average molecular weight is 379 g/mol. The number of carboxylic acid groups (broad SMARTS) is 1. The maximum atomic E-state index is 12.2.